The first-order chi connectivity index (χ1) is 12.5. The Kier molecular flexibility index (Phi) is 5.65. The number of nitrogens with one attached hydrogen (secondary N) is 1. The summed E-state index contributed by atoms with van der Waals surface area (Å²) in [6.45, 7) is 2.65. The summed E-state index contributed by atoms with van der Waals surface area (Å²) in [5.41, 5.74) is 7.69. The maximum absolute atomic E-state index is 13.4. The number of nitrogens with two attached hydrogens (primary N) is 1. The fraction of sp³-hybridized carbons (Fsp3) is 0.474. The van der Waals surface area contributed by atoms with Crippen molar-refractivity contribution in [3.8, 4) is 0 Å². The summed E-state index contributed by atoms with van der Waals surface area (Å²) in [5.74, 6) is -0.531. The Labute approximate surface area is 169 Å². The summed E-state index contributed by atoms with van der Waals surface area (Å²) in [7, 11) is 1.79. The third-order valence-electron chi connectivity index (χ3n) is 5.82. The van der Waals surface area contributed by atoms with Gasteiger partial charge in [0.2, 0.25) is 5.91 Å². The Morgan fingerprint density at radius 2 is 2.15 bits per heavy atom. The van der Waals surface area contributed by atoms with Crippen molar-refractivity contribution in [2.75, 3.05) is 13.1 Å². The average Bonchev–Trinajstić information content (AvgIpc) is 3.00. The molecule has 6 nitrogen and oxygen atoms in total. The maximum atomic E-state index is 13.4. The number of halogens is 1. The van der Waals surface area contributed by atoms with E-state index in [9.17, 15) is 9.59 Å². The first-order valence-corrected chi connectivity index (χ1v) is 9.93. The predicted octanol–water partition coefficient (Wildman–Crippen LogP) is 2.39. The molecule has 1 spiro atoms. The highest BCUT2D eigenvalue weighted by Crippen LogP contribution is 2.56. The number of nitrogens with zero attached hydrogens (tertiary/aromatic N) is 2. The smallest absolute Gasteiger partial charge is 0.271 e. The third-order valence-corrected chi connectivity index (χ3v) is 6.56. The van der Waals surface area contributed by atoms with Crippen molar-refractivity contribution in [2.24, 2.45) is 18.2 Å². The van der Waals surface area contributed by atoms with Crippen LogP contribution in [0.15, 0.2) is 29.1 Å². The minimum atomic E-state index is -0.509. The van der Waals surface area contributed by atoms with Crippen LogP contribution in [0.4, 0.5) is 0 Å². The second kappa shape index (κ2) is 7.66. The van der Waals surface area contributed by atoms with Gasteiger partial charge in [-0.05, 0) is 66.2 Å². The largest absolute Gasteiger partial charge is 0.366 e. The molecule has 2 fully saturated rings. The van der Waals surface area contributed by atoms with Gasteiger partial charge in [0, 0.05) is 25.8 Å². The summed E-state index contributed by atoms with van der Waals surface area (Å²) in [6, 6.07) is 3.95. The molecule has 2 aromatic rings. The van der Waals surface area contributed by atoms with Gasteiger partial charge in [-0.15, -0.1) is 12.4 Å². The highest BCUT2D eigenvalue weighted by molar-refractivity contribution is 7.07. The molecule has 2 amide bonds. The van der Waals surface area contributed by atoms with Crippen LogP contribution >= 0.6 is 23.7 Å². The maximum Gasteiger partial charge on any atom is 0.271 e. The van der Waals surface area contributed by atoms with Crippen LogP contribution < -0.4 is 11.1 Å². The lowest BCUT2D eigenvalue weighted by atomic mass is 9.93. The Hall–Kier alpha value is -1.83. The zero-order chi connectivity index (χ0) is 18.3. The van der Waals surface area contributed by atoms with Crippen molar-refractivity contribution in [2.45, 2.75) is 31.8 Å². The fourth-order valence-corrected chi connectivity index (χ4v) is 4.85. The van der Waals surface area contributed by atoms with Crippen LogP contribution in [-0.4, -0.2) is 40.4 Å². The molecule has 146 valence electrons. The molecular formula is C19H25ClN4O2S. The Morgan fingerprint density at radius 1 is 1.41 bits per heavy atom. The Morgan fingerprint density at radius 3 is 2.74 bits per heavy atom. The molecule has 1 saturated heterocycles. The number of hydrogen-bond acceptors (Lipinski definition) is 4. The lowest BCUT2D eigenvalue weighted by molar-refractivity contribution is 0.0682. The van der Waals surface area contributed by atoms with E-state index in [1.54, 1.807) is 35.2 Å². The molecule has 0 bridgehead atoms. The first kappa shape index (κ1) is 19.9. The monoisotopic (exact) mass is 408 g/mol. The summed E-state index contributed by atoms with van der Waals surface area (Å²) in [5, 5.41) is 7.55. The van der Waals surface area contributed by atoms with Crippen LogP contribution in [0.25, 0.3) is 0 Å². The lowest BCUT2D eigenvalue weighted by Crippen LogP contribution is -2.39. The minimum Gasteiger partial charge on any atom is -0.366 e. The number of rotatable bonds is 5. The zero-order valence-electron chi connectivity index (χ0n) is 15.3. The van der Waals surface area contributed by atoms with Gasteiger partial charge in [-0.25, -0.2) is 0 Å². The van der Waals surface area contributed by atoms with E-state index in [-0.39, 0.29) is 29.8 Å². The van der Waals surface area contributed by atoms with Gasteiger partial charge in [0.05, 0.1) is 5.56 Å². The number of aryl methyl sites for hydroxylation is 1. The second-order valence-corrected chi connectivity index (χ2v) is 8.27. The SMILES string of the molecule is Cl.Cn1cc(C(N)=O)cc1C(=O)N(Cc1ccsc1)C1CC12CCNCC2. The van der Waals surface area contributed by atoms with Crippen LogP contribution in [0, 0.1) is 5.41 Å². The summed E-state index contributed by atoms with van der Waals surface area (Å²) >= 11 is 1.65. The van der Waals surface area contributed by atoms with Crippen molar-refractivity contribution in [3.63, 3.8) is 0 Å². The molecule has 2 aromatic heterocycles. The van der Waals surface area contributed by atoms with Crippen LogP contribution in [0.1, 0.15) is 45.7 Å². The molecular weight excluding hydrogens is 384 g/mol. The molecule has 1 saturated carbocycles. The van der Waals surface area contributed by atoms with Crippen LogP contribution in [0.5, 0.6) is 0 Å². The van der Waals surface area contributed by atoms with Gasteiger partial charge >= 0.3 is 0 Å². The molecule has 4 rings (SSSR count). The van der Waals surface area contributed by atoms with Crippen molar-refractivity contribution >= 4 is 35.6 Å². The number of carbonyl (C=O) groups is 2. The van der Waals surface area contributed by atoms with Gasteiger partial charge in [0.15, 0.2) is 0 Å². The molecule has 1 unspecified atom stereocenters. The van der Waals surface area contributed by atoms with E-state index in [0.29, 0.717) is 17.8 Å². The van der Waals surface area contributed by atoms with E-state index in [1.807, 2.05) is 10.3 Å². The second-order valence-electron chi connectivity index (χ2n) is 7.49. The summed E-state index contributed by atoms with van der Waals surface area (Å²) in [6.07, 6.45) is 4.93. The van der Waals surface area contributed by atoms with E-state index in [1.165, 1.54) is 0 Å². The minimum absolute atomic E-state index is 0. The van der Waals surface area contributed by atoms with Crippen molar-refractivity contribution < 1.29 is 9.59 Å². The van der Waals surface area contributed by atoms with Gasteiger partial charge in [-0.1, -0.05) is 0 Å². The molecule has 1 atom stereocenters. The van der Waals surface area contributed by atoms with Crippen LogP contribution in [0.2, 0.25) is 0 Å². The van der Waals surface area contributed by atoms with Crippen LogP contribution in [0.3, 0.4) is 0 Å². The third kappa shape index (κ3) is 3.77. The Balaban J connectivity index is 0.00000210. The van der Waals surface area contributed by atoms with Gasteiger partial charge in [-0.2, -0.15) is 11.3 Å². The molecule has 3 N–H and O–H groups in total. The molecule has 1 aliphatic carbocycles. The van der Waals surface area contributed by atoms with Gasteiger partial charge in [0.1, 0.15) is 5.69 Å². The summed E-state index contributed by atoms with van der Waals surface area (Å²) in [4.78, 5) is 26.9. The standard InChI is InChI=1S/C19H24N4O2S.ClH/c1-22-11-14(17(20)24)8-15(22)18(25)23(10-13-2-7-26-12-13)16-9-19(16)3-5-21-6-4-19;/h2,7-8,11-12,16,21H,3-6,9-10H2,1H3,(H2,20,24);1H. The number of aromatic nitrogens is 1. The number of primary amides is 1. The van der Waals surface area contributed by atoms with Crippen molar-refractivity contribution in [1.29, 1.82) is 0 Å². The molecule has 0 radical (unpaired) electrons. The number of amides is 2. The van der Waals surface area contributed by atoms with Gasteiger partial charge in [0.25, 0.3) is 5.91 Å². The highest BCUT2D eigenvalue weighted by atomic mass is 35.5. The van der Waals surface area contributed by atoms with E-state index in [2.05, 4.69) is 16.8 Å². The van der Waals surface area contributed by atoms with E-state index < -0.39 is 5.91 Å². The molecule has 0 aromatic carbocycles. The predicted molar refractivity (Wildman–Crippen MR) is 108 cm³/mol. The highest BCUT2D eigenvalue weighted by Gasteiger charge is 2.57. The number of piperidine rings is 1. The normalized spacial score (nSPS) is 20.1. The van der Waals surface area contributed by atoms with Gasteiger partial charge in [-0.3, -0.25) is 9.59 Å². The van der Waals surface area contributed by atoms with E-state index >= 15 is 0 Å². The lowest BCUT2D eigenvalue weighted by Gasteiger charge is -2.29. The average molecular weight is 409 g/mol. The van der Waals surface area contributed by atoms with Crippen molar-refractivity contribution in [3.05, 3.63) is 45.9 Å². The Bertz CT molecular complexity index is 827. The molecule has 8 heteroatoms. The fourth-order valence-electron chi connectivity index (χ4n) is 4.19. The number of carbonyl (C=O) groups excluding carboxylic acids is 2. The van der Waals surface area contributed by atoms with Gasteiger partial charge < -0.3 is 20.5 Å². The molecule has 2 aliphatic rings. The van der Waals surface area contributed by atoms with Crippen molar-refractivity contribution in [1.82, 2.24) is 14.8 Å². The first-order valence-electron chi connectivity index (χ1n) is 8.99. The summed E-state index contributed by atoms with van der Waals surface area (Å²) < 4.78 is 1.71. The van der Waals surface area contributed by atoms with E-state index in [0.717, 1.165) is 37.9 Å². The zero-order valence-corrected chi connectivity index (χ0v) is 16.9. The van der Waals surface area contributed by atoms with E-state index in [4.69, 9.17) is 5.73 Å². The quantitative estimate of drug-likeness (QED) is 0.797. The topological polar surface area (TPSA) is 80.4 Å². The molecule has 1 aliphatic heterocycles. The number of hydrogen-bond donors (Lipinski definition) is 2. The number of thiophene rings is 1. The molecule has 3 heterocycles. The van der Waals surface area contributed by atoms with Crippen LogP contribution in [-0.2, 0) is 13.6 Å². The molecule has 27 heavy (non-hydrogen) atoms.